The highest BCUT2D eigenvalue weighted by molar-refractivity contribution is 5.14. The second-order valence-corrected chi connectivity index (χ2v) is 3.62. The Hall–Kier alpha value is -0.830. The molecule has 0 radical (unpaired) electrons. The first kappa shape index (κ1) is 7.80. The van der Waals surface area contributed by atoms with Crippen molar-refractivity contribution in [2.24, 2.45) is 0 Å². The fraction of sp³-hybridized carbons (Fsp3) is 0.667. The van der Waals surface area contributed by atoms with Gasteiger partial charge in [-0.2, -0.15) is 5.10 Å². The van der Waals surface area contributed by atoms with E-state index in [0.29, 0.717) is 5.92 Å². The summed E-state index contributed by atoms with van der Waals surface area (Å²) in [5.41, 5.74) is 2.59. The van der Waals surface area contributed by atoms with E-state index in [-0.39, 0.29) is 0 Å². The molecule has 0 unspecified atom stereocenters. The van der Waals surface area contributed by atoms with Gasteiger partial charge in [0.05, 0.1) is 12.4 Å². The highest BCUT2D eigenvalue weighted by atomic mass is 15.3. The fourth-order valence-electron chi connectivity index (χ4n) is 1.50. The van der Waals surface area contributed by atoms with Crippen molar-refractivity contribution in [3.05, 3.63) is 17.5 Å². The van der Waals surface area contributed by atoms with Crippen LogP contribution in [0.25, 0.3) is 0 Å². The normalized spacial score (nSPS) is 16.6. The predicted octanol–water partition coefficient (Wildman–Crippen LogP) is 1.11. The Balaban J connectivity index is 2.32. The Labute approximate surface area is 72.8 Å². The first-order chi connectivity index (χ1) is 5.77. The Morgan fingerprint density at radius 3 is 3.08 bits per heavy atom. The number of hydrogen-bond donors (Lipinski definition) is 1. The van der Waals surface area contributed by atoms with Crippen molar-refractivity contribution >= 4 is 0 Å². The Bertz CT molecular complexity index is 252. The van der Waals surface area contributed by atoms with Crippen LogP contribution in [0.4, 0.5) is 0 Å². The highest BCUT2D eigenvalue weighted by Gasteiger charge is 2.12. The van der Waals surface area contributed by atoms with Gasteiger partial charge in [-0.05, 0) is 12.0 Å². The van der Waals surface area contributed by atoms with Crippen LogP contribution in [-0.4, -0.2) is 16.3 Å². The molecule has 0 aliphatic carbocycles. The molecule has 0 saturated carbocycles. The number of nitrogens with zero attached hydrogens (tertiary/aromatic N) is 2. The van der Waals surface area contributed by atoms with Crippen LogP contribution < -0.4 is 5.32 Å². The summed E-state index contributed by atoms with van der Waals surface area (Å²) in [6.07, 6.45) is 1.11. The molecule has 12 heavy (non-hydrogen) atoms. The van der Waals surface area contributed by atoms with Gasteiger partial charge in [-0.3, -0.25) is 10.00 Å². The van der Waals surface area contributed by atoms with Crippen molar-refractivity contribution in [3.63, 3.8) is 0 Å². The van der Waals surface area contributed by atoms with Gasteiger partial charge in [-0.25, -0.2) is 0 Å². The molecular formula is C9H15N3. The van der Waals surface area contributed by atoms with Crippen LogP contribution >= 0.6 is 0 Å². The smallest absolute Gasteiger partial charge is 0.0907 e. The van der Waals surface area contributed by atoms with Gasteiger partial charge in [0.25, 0.3) is 0 Å². The summed E-state index contributed by atoms with van der Waals surface area (Å²) in [6.45, 7) is 6.33. The van der Waals surface area contributed by atoms with Crippen LogP contribution in [0.2, 0.25) is 0 Å². The van der Waals surface area contributed by atoms with E-state index >= 15 is 0 Å². The van der Waals surface area contributed by atoms with Gasteiger partial charge in [0.2, 0.25) is 0 Å². The SMILES string of the molecule is CC(C)c1cc2n(n1)CNCC2. The van der Waals surface area contributed by atoms with Crippen molar-refractivity contribution in [2.75, 3.05) is 6.54 Å². The Kier molecular flexibility index (Phi) is 1.89. The first-order valence-electron chi connectivity index (χ1n) is 4.54. The van der Waals surface area contributed by atoms with E-state index in [1.165, 1.54) is 11.4 Å². The van der Waals surface area contributed by atoms with Gasteiger partial charge in [0.1, 0.15) is 0 Å². The third-order valence-corrected chi connectivity index (χ3v) is 2.29. The molecule has 0 spiro atoms. The first-order valence-corrected chi connectivity index (χ1v) is 4.54. The monoisotopic (exact) mass is 165 g/mol. The van der Waals surface area contributed by atoms with Crippen LogP contribution in [0.3, 0.4) is 0 Å². The molecule has 0 atom stereocenters. The molecule has 0 saturated heterocycles. The van der Waals surface area contributed by atoms with Gasteiger partial charge in [-0.15, -0.1) is 0 Å². The molecule has 1 aromatic heterocycles. The van der Waals surface area contributed by atoms with Crippen molar-refractivity contribution in [3.8, 4) is 0 Å². The summed E-state index contributed by atoms with van der Waals surface area (Å²) in [7, 11) is 0. The minimum Gasteiger partial charge on any atom is -0.298 e. The van der Waals surface area contributed by atoms with Crippen molar-refractivity contribution < 1.29 is 0 Å². The second-order valence-electron chi connectivity index (χ2n) is 3.62. The average molecular weight is 165 g/mol. The molecule has 3 nitrogen and oxygen atoms in total. The molecular weight excluding hydrogens is 150 g/mol. The second kappa shape index (κ2) is 2.90. The lowest BCUT2D eigenvalue weighted by Crippen LogP contribution is -2.29. The van der Waals surface area contributed by atoms with Gasteiger partial charge < -0.3 is 0 Å². The van der Waals surface area contributed by atoms with Crippen molar-refractivity contribution in [2.45, 2.75) is 32.9 Å². The topological polar surface area (TPSA) is 29.9 Å². The summed E-state index contributed by atoms with van der Waals surface area (Å²) in [4.78, 5) is 0. The zero-order valence-electron chi connectivity index (χ0n) is 7.67. The van der Waals surface area contributed by atoms with E-state index < -0.39 is 0 Å². The zero-order valence-corrected chi connectivity index (χ0v) is 7.67. The molecule has 2 heterocycles. The van der Waals surface area contributed by atoms with Crippen LogP contribution in [0.5, 0.6) is 0 Å². The summed E-state index contributed by atoms with van der Waals surface area (Å²) >= 11 is 0. The van der Waals surface area contributed by atoms with Crippen molar-refractivity contribution in [1.29, 1.82) is 0 Å². The summed E-state index contributed by atoms with van der Waals surface area (Å²) in [6, 6.07) is 2.23. The minimum atomic E-state index is 0.545. The van der Waals surface area contributed by atoms with Gasteiger partial charge in [0, 0.05) is 18.7 Å². The lowest BCUT2D eigenvalue weighted by atomic mass is 10.1. The maximum absolute atomic E-state index is 4.50. The zero-order chi connectivity index (χ0) is 8.55. The molecule has 1 aliphatic rings. The largest absolute Gasteiger partial charge is 0.298 e. The molecule has 66 valence electrons. The van der Waals surface area contributed by atoms with Crippen LogP contribution in [0.1, 0.15) is 31.2 Å². The Morgan fingerprint density at radius 2 is 2.42 bits per heavy atom. The van der Waals surface area contributed by atoms with Crippen LogP contribution in [0, 0.1) is 0 Å². The number of aromatic nitrogens is 2. The summed E-state index contributed by atoms with van der Waals surface area (Å²) in [5.74, 6) is 0.545. The van der Waals surface area contributed by atoms with Crippen LogP contribution in [-0.2, 0) is 13.1 Å². The predicted molar refractivity (Wildman–Crippen MR) is 48.0 cm³/mol. The highest BCUT2D eigenvalue weighted by Crippen LogP contribution is 2.15. The molecule has 3 heteroatoms. The number of nitrogens with one attached hydrogen (secondary N) is 1. The molecule has 1 aromatic rings. The van der Waals surface area contributed by atoms with E-state index in [1.807, 2.05) is 0 Å². The van der Waals surface area contributed by atoms with E-state index in [9.17, 15) is 0 Å². The van der Waals surface area contributed by atoms with Crippen LogP contribution in [0.15, 0.2) is 6.07 Å². The quantitative estimate of drug-likeness (QED) is 0.675. The third-order valence-electron chi connectivity index (χ3n) is 2.29. The lowest BCUT2D eigenvalue weighted by molar-refractivity contribution is 0.449. The van der Waals surface area contributed by atoms with E-state index in [2.05, 4.69) is 35.0 Å². The minimum absolute atomic E-state index is 0.545. The van der Waals surface area contributed by atoms with Crippen molar-refractivity contribution in [1.82, 2.24) is 15.1 Å². The number of rotatable bonds is 1. The average Bonchev–Trinajstić information content (AvgIpc) is 2.46. The fourth-order valence-corrected chi connectivity index (χ4v) is 1.50. The van der Waals surface area contributed by atoms with E-state index in [0.717, 1.165) is 19.6 Å². The molecule has 0 bridgehead atoms. The molecule has 0 aromatic carbocycles. The Morgan fingerprint density at radius 1 is 1.58 bits per heavy atom. The molecule has 0 amide bonds. The van der Waals surface area contributed by atoms with E-state index in [4.69, 9.17) is 0 Å². The third kappa shape index (κ3) is 1.25. The van der Waals surface area contributed by atoms with Gasteiger partial charge in [-0.1, -0.05) is 13.8 Å². The molecule has 0 fully saturated rings. The lowest BCUT2D eigenvalue weighted by Gasteiger charge is -2.13. The molecule has 2 rings (SSSR count). The molecule has 1 aliphatic heterocycles. The van der Waals surface area contributed by atoms with E-state index in [1.54, 1.807) is 0 Å². The maximum Gasteiger partial charge on any atom is 0.0907 e. The summed E-state index contributed by atoms with van der Waals surface area (Å²) < 4.78 is 2.07. The maximum atomic E-state index is 4.50. The standard InChI is InChI=1S/C9H15N3/c1-7(2)9-5-8-3-4-10-6-12(8)11-9/h5,7,10H,3-4,6H2,1-2H3. The number of fused-ring (bicyclic) bond motifs is 1. The van der Waals surface area contributed by atoms with Gasteiger partial charge in [0.15, 0.2) is 0 Å². The van der Waals surface area contributed by atoms with Gasteiger partial charge >= 0.3 is 0 Å². The number of hydrogen-bond acceptors (Lipinski definition) is 2. The summed E-state index contributed by atoms with van der Waals surface area (Å²) in [5, 5.41) is 7.80. The molecule has 1 N–H and O–H groups in total.